The molecule has 0 fully saturated rings. The number of fused-ring (bicyclic) bond motifs is 3. The van der Waals surface area contributed by atoms with E-state index < -0.39 is 46.1 Å². The third kappa shape index (κ3) is 8.72. The summed E-state index contributed by atoms with van der Waals surface area (Å²) in [4.78, 5) is 2.99. The van der Waals surface area contributed by atoms with Crippen LogP contribution in [0.25, 0.3) is 11.1 Å². The summed E-state index contributed by atoms with van der Waals surface area (Å²) in [6.45, 7) is 0.133. The molecule has 0 N–H and O–H groups in total. The van der Waals surface area contributed by atoms with Crippen LogP contribution in [0.3, 0.4) is 0 Å². The zero-order valence-electron chi connectivity index (χ0n) is 28.4. The van der Waals surface area contributed by atoms with E-state index in [-0.39, 0.29) is 19.8 Å². The van der Waals surface area contributed by atoms with Gasteiger partial charge in [0.25, 0.3) is 0 Å². The van der Waals surface area contributed by atoms with Crippen LogP contribution in [-0.4, -0.2) is 0 Å². The summed E-state index contributed by atoms with van der Waals surface area (Å²) in [7, 11) is -1.10. The highest BCUT2D eigenvalue weighted by Crippen LogP contribution is 2.63. The van der Waals surface area contributed by atoms with Crippen molar-refractivity contribution >= 4 is 10.9 Å². The Morgan fingerprint density at radius 1 is 0.364 bits per heavy atom. The van der Waals surface area contributed by atoms with E-state index in [0.29, 0.717) is 33.9 Å². The predicted octanol–water partition coefficient (Wildman–Crippen LogP) is 12.9. The van der Waals surface area contributed by atoms with Crippen molar-refractivity contribution < 1.29 is 53.7 Å². The number of rotatable bonds is 10. The topological polar surface area (TPSA) is 27.7 Å². The lowest BCUT2D eigenvalue weighted by Gasteiger charge is -2.20. The van der Waals surface area contributed by atoms with Crippen molar-refractivity contribution in [1.82, 2.24) is 0 Å². The van der Waals surface area contributed by atoms with Gasteiger partial charge in [-0.1, -0.05) is 36.4 Å². The van der Waals surface area contributed by atoms with Gasteiger partial charge in [-0.05, 0) is 130 Å². The van der Waals surface area contributed by atoms with Gasteiger partial charge in [-0.2, -0.15) is 50.4 Å². The molecule has 0 saturated heterocycles. The number of alkyl halides is 9. The highest BCUT2D eigenvalue weighted by atomic mass is 32.2. The molecule has 6 aromatic carbocycles. The molecule has 3 nitrogen and oxygen atoms in total. The van der Waals surface area contributed by atoms with E-state index in [4.69, 9.17) is 14.2 Å². The van der Waals surface area contributed by atoms with Crippen LogP contribution in [0.1, 0.15) is 33.4 Å². The smallest absolute Gasteiger partial charge is 0.416 e. The average Bonchev–Trinajstić information content (AvgIpc) is 3.48. The number of halogens is 9. The first kappa shape index (κ1) is 37.7. The summed E-state index contributed by atoms with van der Waals surface area (Å²) in [5, 5.41) is 0. The van der Waals surface area contributed by atoms with Crippen LogP contribution in [0.2, 0.25) is 0 Å². The molecule has 0 spiro atoms. The number of thiol groups is 1. The molecule has 13 heteroatoms. The maximum Gasteiger partial charge on any atom is 0.416 e. The Labute approximate surface area is 312 Å². The zero-order chi connectivity index (χ0) is 39.0. The fourth-order valence-corrected chi connectivity index (χ4v) is 8.56. The third-order valence-corrected chi connectivity index (χ3v) is 11.4. The van der Waals surface area contributed by atoms with E-state index in [1.54, 1.807) is 24.3 Å². The lowest BCUT2D eigenvalue weighted by molar-refractivity contribution is -0.138. The maximum atomic E-state index is 13.0. The monoisotopic (exact) mass is 784 g/mol. The SMILES string of the molecule is FC(F)(F)c1ccc(COc2ccc([SH]3c4ccc(OCc5ccc(C(F)(F)F)cc5)cc4-c4cc(OCc5ccc(C(F)(F)F)cc5)ccc43)cc2)cc1. The van der Waals surface area contributed by atoms with Gasteiger partial charge in [-0.25, -0.2) is 0 Å². The van der Waals surface area contributed by atoms with Crippen molar-refractivity contribution in [2.45, 2.75) is 53.0 Å². The van der Waals surface area contributed by atoms with Crippen LogP contribution in [0.5, 0.6) is 17.2 Å². The molecule has 1 aliphatic rings. The van der Waals surface area contributed by atoms with Gasteiger partial charge >= 0.3 is 18.5 Å². The molecule has 1 heterocycles. The van der Waals surface area contributed by atoms with Crippen molar-refractivity contribution in [3.8, 4) is 28.4 Å². The van der Waals surface area contributed by atoms with Gasteiger partial charge in [-0.3, -0.25) is 0 Å². The van der Waals surface area contributed by atoms with Crippen LogP contribution in [0.15, 0.2) is 148 Å². The summed E-state index contributed by atoms with van der Waals surface area (Å²) >= 11 is 0. The van der Waals surface area contributed by atoms with Crippen molar-refractivity contribution in [3.63, 3.8) is 0 Å². The van der Waals surface area contributed by atoms with Crippen LogP contribution in [0, 0.1) is 0 Å². The molecule has 0 amide bonds. The molecule has 1 aliphatic heterocycles. The number of ether oxygens (including phenoxy) is 3. The summed E-state index contributed by atoms with van der Waals surface area (Å²) in [6.07, 6.45) is -13.3. The van der Waals surface area contributed by atoms with E-state index in [1.807, 2.05) is 36.4 Å². The first-order chi connectivity index (χ1) is 26.1. The molecule has 6 aromatic rings. The first-order valence-corrected chi connectivity index (χ1v) is 18.0. The van der Waals surface area contributed by atoms with E-state index in [2.05, 4.69) is 0 Å². The number of hydrogen-bond acceptors (Lipinski definition) is 3. The van der Waals surface area contributed by atoms with Crippen LogP contribution < -0.4 is 14.2 Å². The second-order valence-electron chi connectivity index (χ2n) is 12.6. The summed E-state index contributed by atoms with van der Waals surface area (Å²) in [5.74, 6) is 1.51. The summed E-state index contributed by atoms with van der Waals surface area (Å²) < 4.78 is 135. The van der Waals surface area contributed by atoms with Crippen molar-refractivity contribution in [2.75, 3.05) is 0 Å². The highest BCUT2D eigenvalue weighted by Gasteiger charge is 2.32. The van der Waals surface area contributed by atoms with E-state index in [0.717, 1.165) is 62.2 Å². The lowest BCUT2D eigenvalue weighted by Crippen LogP contribution is -2.05. The van der Waals surface area contributed by atoms with Gasteiger partial charge in [0.2, 0.25) is 0 Å². The Morgan fingerprint density at radius 3 is 1.00 bits per heavy atom. The van der Waals surface area contributed by atoms with E-state index >= 15 is 0 Å². The molecule has 0 atom stereocenters. The van der Waals surface area contributed by atoms with Gasteiger partial charge in [-0.15, -0.1) is 0 Å². The first-order valence-electron chi connectivity index (χ1n) is 16.7. The minimum absolute atomic E-state index is 0.0305. The fraction of sp³-hybridized carbons (Fsp3) is 0.143. The molecule has 284 valence electrons. The second kappa shape index (κ2) is 14.9. The Kier molecular flexibility index (Phi) is 10.2. The second-order valence-corrected chi connectivity index (χ2v) is 14.8. The number of hydrogen-bond donors (Lipinski definition) is 1. The molecule has 0 unspecified atom stereocenters. The molecule has 55 heavy (non-hydrogen) atoms. The van der Waals surface area contributed by atoms with Crippen molar-refractivity contribution in [1.29, 1.82) is 0 Å². The minimum atomic E-state index is -4.45. The fourth-order valence-electron chi connectivity index (χ4n) is 6.00. The zero-order valence-corrected chi connectivity index (χ0v) is 29.3. The van der Waals surface area contributed by atoms with E-state index in [1.165, 1.54) is 36.4 Å². The average molecular weight is 785 g/mol. The Hall–Kier alpha value is -5.56. The standard InChI is InChI=1S/C42H29F9O3S/c43-40(44,45)29-7-1-26(2-8-29)23-52-32-13-17-35(18-14-32)55-38-19-15-33(53-24-27-3-9-30(10-4-27)41(46,47)48)21-36(38)37-22-34(16-20-39(37)55)54-25-28-5-11-31(12-6-28)42(49,50)51/h1-22,55H,23-25H2. The predicted molar refractivity (Wildman–Crippen MR) is 189 cm³/mol. The van der Waals surface area contributed by atoms with Gasteiger partial charge in [0.1, 0.15) is 37.1 Å². The van der Waals surface area contributed by atoms with Crippen molar-refractivity contribution in [2.24, 2.45) is 0 Å². The maximum absolute atomic E-state index is 13.0. The molecule has 0 radical (unpaired) electrons. The Morgan fingerprint density at radius 2 is 0.673 bits per heavy atom. The molecule has 7 rings (SSSR count). The van der Waals surface area contributed by atoms with Crippen molar-refractivity contribution in [3.05, 3.63) is 167 Å². The largest absolute Gasteiger partial charge is 0.489 e. The van der Waals surface area contributed by atoms with E-state index in [9.17, 15) is 39.5 Å². The van der Waals surface area contributed by atoms with Crippen LogP contribution in [-0.2, 0) is 38.3 Å². The molecule has 0 aliphatic carbocycles. The van der Waals surface area contributed by atoms with Crippen LogP contribution in [0.4, 0.5) is 39.5 Å². The Balaban J connectivity index is 1.12. The van der Waals surface area contributed by atoms with Gasteiger partial charge < -0.3 is 14.2 Å². The quantitative estimate of drug-likeness (QED) is 0.111. The van der Waals surface area contributed by atoms with Gasteiger partial charge in [0.05, 0.1) is 16.7 Å². The van der Waals surface area contributed by atoms with Gasteiger partial charge in [0, 0.05) is 9.79 Å². The normalized spacial score (nSPS) is 13.3. The molecule has 0 saturated carbocycles. The molecule has 0 bridgehead atoms. The minimum Gasteiger partial charge on any atom is -0.489 e. The highest BCUT2D eigenvalue weighted by molar-refractivity contribution is 8.17. The Bertz CT molecular complexity index is 2150. The summed E-state index contributed by atoms with van der Waals surface area (Å²) in [5.41, 5.74) is 1.14. The third-order valence-electron chi connectivity index (χ3n) is 8.86. The molecular formula is C42H29F9O3S. The van der Waals surface area contributed by atoms with Crippen LogP contribution >= 0.6 is 10.9 Å². The lowest BCUT2D eigenvalue weighted by atomic mass is 10.1. The number of benzene rings is 6. The van der Waals surface area contributed by atoms with Gasteiger partial charge in [0.15, 0.2) is 0 Å². The molecule has 0 aromatic heterocycles. The summed E-state index contributed by atoms with van der Waals surface area (Å²) in [6, 6.07) is 32.9. The molecular weight excluding hydrogens is 756 g/mol.